The Kier molecular flexibility index (Phi) is 13.8. The van der Waals surface area contributed by atoms with E-state index in [2.05, 4.69) is 215 Å². The van der Waals surface area contributed by atoms with Gasteiger partial charge in [-0.05, 0) is 85.0 Å². The van der Waals surface area contributed by atoms with Crippen molar-refractivity contribution in [3.63, 3.8) is 0 Å². The molecule has 0 N–H and O–H groups in total. The summed E-state index contributed by atoms with van der Waals surface area (Å²) < 4.78 is 0. The van der Waals surface area contributed by atoms with E-state index < -0.39 is 0 Å². The molecule has 56 heavy (non-hydrogen) atoms. The van der Waals surface area contributed by atoms with Crippen molar-refractivity contribution in [2.24, 2.45) is 20.0 Å². The number of halogens is 4. The maximum atomic E-state index is 5.30. The van der Waals surface area contributed by atoms with Gasteiger partial charge in [0.25, 0.3) is 0 Å². The summed E-state index contributed by atoms with van der Waals surface area (Å²) in [7, 11) is 0. The number of hydrogen-bond donors (Lipinski definition) is 0. The molecule has 7 aromatic carbocycles. The van der Waals surface area contributed by atoms with E-state index in [-0.39, 0.29) is 0 Å². The molecule has 286 valence electrons. The average Bonchev–Trinajstić information content (AvgIpc) is 3.65. The number of hydrogen-bond acceptors (Lipinski definition) is 4. The fourth-order valence-corrected chi connectivity index (χ4v) is 7.48. The molecule has 0 amide bonds. The van der Waals surface area contributed by atoms with Crippen molar-refractivity contribution in [2.45, 2.75) is 27.7 Å². The van der Waals surface area contributed by atoms with E-state index in [9.17, 15) is 0 Å². The molecule has 0 atom stereocenters. The van der Waals surface area contributed by atoms with E-state index in [1.54, 1.807) is 0 Å². The molecule has 0 saturated carbocycles. The Labute approximate surface area is 370 Å². The Hall–Kier alpha value is -3.02. The normalized spacial score (nSPS) is 15.6. The molecule has 0 saturated heterocycles. The molecule has 7 aromatic rings. The second-order valence-electron chi connectivity index (χ2n) is 13.3. The van der Waals surface area contributed by atoms with Gasteiger partial charge in [0.1, 0.15) is 0 Å². The zero-order chi connectivity index (χ0) is 39.3. The Balaban J connectivity index is 0.000000755. The Morgan fingerprint density at radius 3 is 0.875 bits per heavy atom. The Morgan fingerprint density at radius 1 is 0.339 bits per heavy atom. The maximum absolute atomic E-state index is 5.30. The van der Waals surface area contributed by atoms with Gasteiger partial charge in [-0.25, -0.2) is 20.0 Å². The molecule has 0 radical (unpaired) electrons. The summed E-state index contributed by atoms with van der Waals surface area (Å²) in [5.74, 6) is 0. The van der Waals surface area contributed by atoms with E-state index >= 15 is 0 Å². The van der Waals surface area contributed by atoms with Crippen LogP contribution < -0.4 is 0 Å². The predicted molar refractivity (Wildman–Crippen MR) is 247 cm³/mol. The van der Waals surface area contributed by atoms with Crippen molar-refractivity contribution in [3.05, 3.63) is 178 Å². The summed E-state index contributed by atoms with van der Waals surface area (Å²) in [6, 6.07) is 46.6. The second kappa shape index (κ2) is 18.7. The summed E-state index contributed by atoms with van der Waals surface area (Å²) in [5, 5.41) is 4.79. The van der Waals surface area contributed by atoms with E-state index in [1.807, 2.05) is 0 Å². The summed E-state index contributed by atoms with van der Waals surface area (Å²) in [4.78, 5) is 21.2. The molecule has 0 heterocycles. The SMILES string of the molecule is Cc1cccc(C)c1N=C1C(=Nc2ccc(N=C3C(=Nc4c(C)cccc4C)c4cccc5cccc3c45)cc2)c2cccc3cccc1c23.[Br][Pd][Br].[Br][Pd][Br]. The Bertz CT molecular complexity index is 2500. The first-order valence-corrected chi connectivity index (χ1v) is 31.8. The number of aryl methyl sites for hydroxylation is 4. The third-order valence-electron chi connectivity index (χ3n) is 9.94. The minimum absolute atomic E-state index is 0.575. The van der Waals surface area contributed by atoms with E-state index in [0.717, 1.165) is 90.1 Å². The molecule has 0 spiro atoms. The van der Waals surface area contributed by atoms with Gasteiger partial charge in [-0.3, -0.25) is 0 Å². The third kappa shape index (κ3) is 8.42. The van der Waals surface area contributed by atoms with Crippen LogP contribution in [0.4, 0.5) is 22.7 Å². The second-order valence-corrected chi connectivity index (χ2v) is 27.7. The van der Waals surface area contributed by atoms with Gasteiger partial charge in [-0.1, -0.05) is 109 Å². The van der Waals surface area contributed by atoms with Crippen molar-refractivity contribution < 1.29 is 27.9 Å². The van der Waals surface area contributed by atoms with Crippen LogP contribution in [0.3, 0.4) is 0 Å². The van der Waals surface area contributed by atoms with Crippen LogP contribution in [0, 0.1) is 27.7 Å². The van der Waals surface area contributed by atoms with Crippen LogP contribution in [0.25, 0.3) is 21.5 Å². The molecule has 0 fully saturated rings. The van der Waals surface area contributed by atoms with Gasteiger partial charge in [0.2, 0.25) is 0 Å². The summed E-state index contributed by atoms with van der Waals surface area (Å²) >= 11 is 13.6. The standard InChI is InChI=1S/C46H34N4.4BrH.2Pd/c1-27-11-5-12-28(2)41(27)49-45-37-21-9-17-31-15-7-19-35(39(31)37)43(45)47-33-23-25-34(26-24-33)48-44-36-20-8-16-32-18-10-22-38(40(32)36)46(44)50-42-29(3)13-6-14-30(42)4;;;;;;/h5-26H,1-4H3;4*1H;;/q;;;;;2*+2/p-4. The van der Waals surface area contributed by atoms with Gasteiger partial charge in [0.05, 0.1) is 45.6 Å². The molecule has 0 bridgehead atoms. The molecule has 0 aromatic heterocycles. The van der Waals surface area contributed by atoms with Crippen molar-refractivity contribution in [2.75, 3.05) is 0 Å². The van der Waals surface area contributed by atoms with Crippen LogP contribution in [-0.4, -0.2) is 22.8 Å². The first-order chi connectivity index (χ1) is 27.3. The van der Waals surface area contributed by atoms with Crippen molar-refractivity contribution >= 4 is 121 Å². The van der Waals surface area contributed by atoms with Gasteiger partial charge in [-0.2, -0.15) is 0 Å². The fourth-order valence-electron chi connectivity index (χ4n) is 7.48. The van der Waals surface area contributed by atoms with Gasteiger partial charge in [-0.15, -0.1) is 0 Å². The number of rotatable bonds is 4. The zero-order valence-electron chi connectivity index (χ0n) is 30.6. The topological polar surface area (TPSA) is 49.4 Å². The van der Waals surface area contributed by atoms with Crippen LogP contribution in [0.15, 0.2) is 153 Å². The van der Waals surface area contributed by atoms with Gasteiger partial charge >= 0.3 is 81.6 Å². The van der Waals surface area contributed by atoms with Crippen LogP contribution in [0.1, 0.15) is 44.5 Å². The molecule has 0 aliphatic heterocycles. The average molecular weight is 1180 g/mol. The van der Waals surface area contributed by atoms with Gasteiger partial charge in [0.15, 0.2) is 0 Å². The van der Waals surface area contributed by atoms with E-state index in [4.69, 9.17) is 20.0 Å². The van der Waals surface area contributed by atoms with Crippen molar-refractivity contribution in [3.8, 4) is 0 Å². The number of para-hydroxylation sites is 2. The Morgan fingerprint density at radius 2 is 0.589 bits per heavy atom. The molecular weight excluding hydrogens is 1140 g/mol. The van der Waals surface area contributed by atoms with E-state index in [1.165, 1.54) is 21.5 Å². The summed E-state index contributed by atoms with van der Waals surface area (Å²) in [5.41, 5.74) is 16.3. The third-order valence-corrected chi connectivity index (χ3v) is 9.94. The molecule has 2 aliphatic carbocycles. The van der Waals surface area contributed by atoms with E-state index in [0.29, 0.717) is 27.9 Å². The van der Waals surface area contributed by atoms with Crippen LogP contribution >= 0.6 is 53.7 Å². The summed E-state index contributed by atoms with van der Waals surface area (Å²) in [6.45, 7) is 8.48. The minimum atomic E-state index is 0.575. The van der Waals surface area contributed by atoms with Crippen LogP contribution in [0.2, 0.25) is 0 Å². The molecule has 2 aliphatic rings. The number of aliphatic imine (C=N–C) groups is 4. The molecule has 4 nitrogen and oxygen atoms in total. The van der Waals surface area contributed by atoms with Crippen LogP contribution in [-0.2, 0) is 27.9 Å². The molecule has 9 rings (SSSR count). The van der Waals surface area contributed by atoms with Gasteiger partial charge < -0.3 is 0 Å². The predicted octanol–water partition coefficient (Wildman–Crippen LogP) is 15.1. The fraction of sp³-hybridized carbons (Fsp3) is 0.0870. The number of nitrogens with zero attached hydrogens (tertiary/aromatic N) is 4. The van der Waals surface area contributed by atoms with Crippen molar-refractivity contribution in [1.29, 1.82) is 0 Å². The summed E-state index contributed by atoms with van der Waals surface area (Å²) in [6.07, 6.45) is 0. The molecular formula is C46H34Br4N4Pd2. The molecule has 10 heteroatoms. The van der Waals surface area contributed by atoms with Crippen LogP contribution in [0.5, 0.6) is 0 Å². The first kappa shape index (κ1) is 41.2. The first-order valence-electron chi connectivity index (χ1n) is 17.6. The monoisotopic (exact) mass is 1170 g/mol. The zero-order valence-corrected chi connectivity index (χ0v) is 40.1. The van der Waals surface area contributed by atoms with Crippen molar-refractivity contribution in [1.82, 2.24) is 0 Å². The number of benzene rings is 7. The quantitative estimate of drug-likeness (QED) is 0.158. The van der Waals surface area contributed by atoms with Gasteiger partial charge in [0, 0.05) is 33.0 Å². The molecule has 0 unspecified atom stereocenters.